The van der Waals surface area contributed by atoms with E-state index >= 15 is 0 Å². The SMILES string of the molecule is Cc1cccc(-n2nc(C3CCN(C)CC3)c3c2NCCCC3)c1. The van der Waals surface area contributed by atoms with Crippen LogP contribution in [0.1, 0.15) is 48.4 Å². The fourth-order valence-corrected chi connectivity index (χ4v) is 4.09. The average Bonchev–Trinajstić information content (AvgIpc) is 2.77. The molecule has 1 aromatic carbocycles. The van der Waals surface area contributed by atoms with Crippen molar-refractivity contribution in [3.8, 4) is 5.69 Å². The number of fused-ring (bicyclic) bond motifs is 1. The number of hydrogen-bond donors (Lipinski definition) is 1. The minimum atomic E-state index is 0.612. The van der Waals surface area contributed by atoms with Crippen LogP contribution >= 0.6 is 0 Å². The monoisotopic (exact) mass is 324 g/mol. The fourth-order valence-electron chi connectivity index (χ4n) is 4.09. The topological polar surface area (TPSA) is 33.1 Å². The summed E-state index contributed by atoms with van der Waals surface area (Å²) in [5.41, 5.74) is 5.30. The number of rotatable bonds is 2. The summed E-state index contributed by atoms with van der Waals surface area (Å²) >= 11 is 0. The fraction of sp³-hybridized carbons (Fsp3) is 0.550. The molecule has 2 aliphatic rings. The van der Waals surface area contributed by atoms with Gasteiger partial charge in [0, 0.05) is 18.0 Å². The number of hydrogen-bond acceptors (Lipinski definition) is 3. The number of aryl methyl sites for hydroxylation is 1. The number of piperidine rings is 1. The van der Waals surface area contributed by atoms with Crippen molar-refractivity contribution in [2.45, 2.75) is 44.9 Å². The molecule has 2 aliphatic heterocycles. The largest absolute Gasteiger partial charge is 0.370 e. The van der Waals surface area contributed by atoms with Crippen molar-refractivity contribution in [1.82, 2.24) is 14.7 Å². The Morgan fingerprint density at radius 2 is 2.00 bits per heavy atom. The van der Waals surface area contributed by atoms with Gasteiger partial charge in [-0.2, -0.15) is 5.10 Å². The number of likely N-dealkylation sites (tertiary alicyclic amines) is 1. The molecule has 128 valence electrons. The number of aromatic nitrogens is 2. The third kappa shape index (κ3) is 2.95. The lowest BCUT2D eigenvalue weighted by molar-refractivity contribution is 0.252. The molecular formula is C20H28N4. The molecule has 1 N–H and O–H groups in total. The highest BCUT2D eigenvalue weighted by molar-refractivity contribution is 5.55. The van der Waals surface area contributed by atoms with Crippen molar-refractivity contribution in [3.05, 3.63) is 41.1 Å². The number of nitrogens with one attached hydrogen (secondary N) is 1. The summed E-state index contributed by atoms with van der Waals surface area (Å²) in [7, 11) is 2.23. The van der Waals surface area contributed by atoms with Crippen molar-refractivity contribution >= 4 is 5.82 Å². The van der Waals surface area contributed by atoms with Gasteiger partial charge in [-0.25, -0.2) is 4.68 Å². The maximum atomic E-state index is 5.13. The van der Waals surface area contributed by atoms with Crippen LogP contribution in [0.25, 0.3) is 5.69 Å². The molecule has 4 nitrogen and oxygen atoms in total. The third-order valence-corrected chi connectivity index (χ3v) is 5.51. The van der Waals surface area contributed by atoms with Gasteiger partial charge >= 0.3 is 0 Å². The predicted octanol–water partition coefficient (Wildman–Crippen LogP) is 3.74. The maximum absolute atomic E-state index is 5.13. The Labute approximate surface area is 144 Å². The summed E-state index contributed by atoms with van der Waals surface area (Å²) in [5, 5.41) is 8.80. The van der Waals surface area contributed by atoms with Crippen LogP contribution in [-0.2, 0) is 6.42 Å². The molecule has 4 rings (SSSR count). The van der Waals surface area contributed by atoms with E-state index in [1.54, 1.807) is 0 Å². The molecule has 0 bridgehead atoms. The molecule has 0 saturated carbocycles. The zero-order valence-corrected chi connectivity index (χ0v) is 14.9. The Balaban J connectivity index is 1.77. The Kier molecular flexibility index (Phi) is 4.31. The van der Waals surface area contributed by atoms with Crippen molar-refractivity contribution in [1.29, 1.82) is 0 Å². The molecule has 1 aromatic heterocycles. The van der Waals surface area contributed by atoms with Gasteiger partial charge in [0.15, 0.2) is 0 Å². The molecule has 0 aliphatic carbocycles. The van der Waals surface area contributed by atoms with Crippen LogP contribution < -0.4 is 5.32 Å². The van der Waals surface area contributed by atoms with Gasteiger partial charge in [0.25, 0.3) is 0 Å². The first-order chi connectivity index (χ1) is 11.7. The summed E-state index contributed by atoms with van der Waals surface area (Å²) in [6, 6.07) is 8.69. The smallest absolute Gasteiger partial charge is 0.133 e. The summed E-state index contributed by atoms with van der Waals surface area (Å²) in [6.07, 6.45) is 6.13. The highest BCUT2D eigenvalue weighted by atomic mass is 15.3. The second kappa shape index (κ2) is 6.60. The molecule has 2 aromatic rings. The van der Waals surface area contributed by atoms with Crippen LogP contribution in [0.5, 0.6) is 0 Å². The summed E-state index contributed by atoms with van der Waals surface area (Å²) in [5.74, 6) is 1.85. The Morgan fingerprint density at radius 3 is 2.79 bits per heavy atom. The van der Waals surface area contributed by atoms with Gasteiger partial charge in [0.1, 0.15) is 5.82 Å². The zero-order valence-electron chi connectivity index (χ0n) is 14.9. The second-order valence-electron chi connectivity index (χ2n) is 7.42. The third-order valence-electron chi connectivity index (χ3n) is 5.51. The van der Waals surface area contributed by atoms with E-state index in [0.29, 0.717) is 5.92 Å². The van der Waals surface area contributed by atoms with E-state index in [1.807, 2.05) is 0 Å². The molecule has 0 unspecified atom stereocenters. The van der Waals surface area contributed by atoms with Crippen molar-refractivity contribution in [3.63, 3.8) is 0 Å². The van der Waals surface area contributed by atoms with Gasteiger partial charge in [-0.1, -0.05) is 12.1 Å². The van der Waals surface area contributed by atoms with Crippen molar-refractivity contribution < 1.29 is 0 Å². The lowest BCUT2D eigenvalue weighted by atomic mass is 9.90. The van der Waals surface area contributed by atoms with Gasteiger partial charge in [0.05, 0.1) is 11.4 Å². The zero-order chi connectivity index (χ0) is 16.5. The van der Waals surface area contributed by atoms with Crippen LogP contribution in [0.3, 0.4) is 0 Å². The second-order valence-corrected chi connectivity index (χ2v) is 7.42. The van der Waals surface area contributed by atoms with E-state index in [1.165, 1.54) is 67.1 Å². The highest BCUT2D eigenvalue weighted by Crippen LogP contribution is 2.36. The summed E-state index contributed by atoms with van der Waals surface area (Å²) in [4.78, 5) is 2.44. The lowest BCUT2D eigenvalue weighted by Gasteiger charge is -2.28. The molecule has 0 spiro atoms. The maximum Gasteiger partial charge on any atom is 0.133 e. The standard InChI is InChI=1S/C20H28N4/c1-15-6-5-7-17(14-15)24-20-18(8-3-4-11-21-20)19(22-24)16-9-12-23(2)13-10-16/h5-7,14,16,21H,3-4,8-13H2,1-2H3. The Bertz CT molecular complexity index is 710. The lowest BCUT2D eigenvalue weighted by Crippen LogP contribution is -2.29. The van der Waals surface area contributed by atoms with E-state index in [-0.39, 0.29) is 0 Å². The first-order valence-corrected chi connectivity index (χ1v) is 9.33. The van der Waals surface area contributed by atoms with Gasteiger partial charge in [-0.3, -0.25) is 0 Å². The molecule has 0 atom stereocenters. The van der Waals surface area contributed by atoms with E-state index in [0.717, 1.165) is 13.0 Å². The van der Waals surface area contributed by atoms with Crippen LogP contribution in [0.4, 0.5) is 5.82 Å². The van der Waals surface area contributed by atoms with Gasteiger partial charge in [-0.15, -0.1) is 0 Å². The van der Waals surface area contributed by atoms with E-state index in [9.17, 15) is 0 Å². The number of nitrogens with zero attached hydrogens (tertiary/aromatic N) is 3. The predicted molar refractivity (Wildman–Crippen MR) is 99.2 cm³/mol. The number of anilines is 1. The number of benzene rings is 1. The van der Waals surface area contributed by atoms with Gasteiger partial charge in [-0.05, 0) is 76.9 Å². The van der Waals surface area contributed by atoms with Crippen LogP contribution in [0, 0.1) is 6.92 Å². The molecule has 0 amide bonds. The summed E-state index contributed by atoms with van der Waals surface area (Å²) < 4.78 is 2.17. The van der Waals surface area contributed by atoms with Crippen molar-refractivity contribution in [2.24, 2.45) is 0 Å². The minimum absolute atomic E-state index is 0.612. The Hall–Kier alpha value is -1.81. The average molecular weight is 324 g/mol. The molecule has 4 heteroatoms. The Morgan fingerprint density at radius 1 is 1.17 bits per heavy atom. The minimum Gasteiger partial charge on any atom is -0.370 e. The molecule has 1 saturated heterocycles. The molecule has 1 fully saturated rings. The van der Waals surface area contributed by atoms with E-state index in [2.05, 4.69) is 53.1 Å². The van der Waals surface area contributed by atoms with Gasteiger partial charge in [0.2, 0.25) is 0 Å². The normalized spacial score (nSPS) is 19.6. The van der Waals surface area contributed by atoms with Gasteiger partial charge < -0.3 is 10.2 Å². The molecule has 0 radical (unpaired) electrons. The molecule has 24 heavy (non-hydrogen) atoms. The summed E-state index contributed by atoms with van der Waals surface area (Å²) in [6.45, 7) is 5.57. The van der Waals surface area contributed by atoms with Crippen LogP contribution in [-0.4, -0.2) is 41.4 Å². The molecule has 3 heterocycles. The highest BCUT2D eigenvalue weighted by Gasteiger charge is 2.28. The van der Waals surface area contributed by atoms with E-state index in [4.69, 9.17) is 5.10 Å². The van der Waals surface area contributed by atoms with Crippen LogP contribution in [0.2, 0.25) is 0 Å². The van der Waals surface area contributed by atoms with E-state index < -0.39 is 0 Å². The van der Waals surface area contributed by atoms with Crippen LogP contribution in [0.15, 0.2) is 24.3 Å². The van der Waals surface area contributed by atoms with Crippen molar-refractivity contribution in [2.75, 3.05) is 32.0 Å². The molecular weight excluding hydrogens is 296 g/mol. The quantitative estimate of drug-likeness (QED) is 0.913. The first kappa shape index (κ1) is 15.7. The first-order valence-electron chi connectivity index (χ1n) is 9.33.